The van der Waals surface area contributed by atoms with E-state index in [1.807, 2.05) is 18.2 Å². The summed E-state index contributed by atoms with van der Waals surface area (Å²) in [4.78, 5) is 14.4. The van der Waals surface area contributed by atoms with Crippen molar-refractivity contribution in [2.75, 3.05) is 26.7 Å². The van der Waals surface area contributed by atoms with E-state index in [1.165, 1.54) is 5.56 Å². The van der Waals surface area contributed by atoms with Gasteiger partial charge < -0.3 is 16.0 Å². The van der Waals surface area contributed by atoms with Crippen molar-refractivity contribution >= 4 is 5.91 Å². The van der Waals surface area contributed by atoms with E-state index in [0.29, 0.717) is 12.3 Å². The van der Waals surface area contributed by atoms with Crippen molar-refractivity contribution < 1.29 is 4.79 Å². The highest BCUT2D eigenvalue weighted by Crippen LogP contribution is 2.14. The molecule has 1 aromatic rings. The third-order valence-corrected chi connectivity index (χ3v) is 4.33. The molecule has 4 nitrogen and oxygen atoms in total. The van der Waals surface area contributed by atoms with Crippen molar-refractivity contribution in [3.63, 3.8) is 0 Å². The Bertz CT molecular complexity index is 427. The fourth-order valence-electron chi connectivity index (χ4n) is 2.74. The monoisotopic (exact) mass is 289 g/mol. The van der Waals surface area contributed by atoms with Gasteiger partial charge in [-0.25, -0.2) is 0 Å². The van der Waals surface area contributed by atoms with E-state index >= 15 is 0 Å². The summed E-state index contributed by atoms with van der Waals surface area (Å²) in [7, 11) is 2.15. The van der Waals surface area contributed by atoms with Crippen LogP contribution < -0.4 is 11.1 Å². The fourth-order valence-corrected chi connectivity index (χ4v) is 2.74. The predicted molar refractivity (Wildman–Crippen MR) is 86.0 cm³/mol. The van der Waals surface area contributed by atoms with Gasteiger partial charge in [0.1, 0.15) is 0 Å². The SMILES string of the molecule is CN1CCC(CNC(=O)[C@@H](N)CCc2ccccc2)CC1. The Hall–Kier alpha value is -1.39. The molecule has 0 unspecified atom stereocenters. The van der Waals surface area contributed by atoms with Gasteiger partial charge in [0.2, 0.25) is 5.91 Å². The van der Waals surface area contributed by atoms with E-state index in [4.69, 9.17) is 5.73 Å². The summed E-state index contributed by atoms with van der Waals surface area (Å²) < 4.78 is 0. The van der Waals surface area contributed by atoms with Crippen LogP contribution in [-0.4, -0.2) is 43.5 Å². The molecule has 1 saturated heterocycles. The van der Waals surface area contributed by atoms with Gasteiger partial charge in [-0.1, -0.05) is 30.3 Å². The molecule has 1 atom stereocenters. The maximum Gasteiger partial charge on any atom is 0.236 e. The van der Waals surface area contributed by atoms with Crippen molar-refractivity contribution in [2.45, 2.75) is 31.7 Å². The van der Waals surface area contributed by atoms with Crippen LogP contribution in [-0.2, 0) is 11.2 Å². The number of carbonyl (C=O) groups excluding carboxylic acids is 1. The van der Waals surface area contributed by atoms with Crippen molar-refractivity contribution in [3.05, 3.63) is 35.9 Å². The van der Waals surface area contributed by atoms with E-state index in [0.717, 1.165) is 38.9 Å². The Balaban J connectivity index is 1.65. The first-order valence-corrected chi connectivity index (χ1v) is 7.91. The summed E-state index contributed by atoms with van der Waals surface area (Å²) in [5.74, 6) is 0.594. The molecule has 0 aliphatic carbocycles. The smallest absolute Gasteiger partial charge is 0.236 e. The number of aryl methyl sites for hydroxylation is 1. The largest absolute Gasteiger partial charge is 0.354 e. The lowest BCUT2D eigenvalue weighted by molar-refractivity contribution is -0.122. The highest BCUT2D eigenvalue weighted by Gasteiger charge is 2.19. The van der Waals surface area contributed by atoms with Crippen molar-refractivity contribution in [1.29, 1.82) is 0 Å². The average Bonchev–Trinajstić information content (AvgIpc) is 2.52. The minimum absolute atomic E-state index is 0.00939. The molecule has 2 rings (SSSR count). The fraction of sp³-hybridized carbons (Fsp3) is 0.588. The van der Waals surface area contributed by atoms with Gasteiger partial charge >= 0.3 is 0 Å². The second-order valence-electron chi connectivity index (χ2n) is 6.12. The molecule has 0 radical (unpaired) electrons. The lowest BCUT2D eigenvalue weighted by Gasteiger charge is -2.29. The van der Waals surface area contributed by atoms with Crippen LogP contribution in [0.3, 0.4) is 0 Å². The Morgan fingerprint density at radius 2 is 2.00 bits per heavy atom. The lowest BCUT2D eigenvalue weighted by Crippen LogP contribution is -2.44. The maximum absolute atomic E-state index is 12.0. The van der Waals surface area contributed by atoms with E-state index in [9.17, 15) is 4.79 Å². The van der Waals surface area contributed by atoms with Crippen LogP contribution in [0.5, 0.6) is 0 Å². The molecule has 1 heterocycles. The van der Waals surface area contributed by atoms with Crippen molar-refractivity contribution in [2.24, 2.45) is 11.7 Å². The van der Waals surface area contributed by atoms with Gasteiger partial charge in [-0.2, -0.15) is 0 Å². The van der Waals surface area contributed by atoms with Crippen LogP contribution in [0.4, 0.5) is 0 Å². The summed E-state index contributed by atoms with van der Waals surface area (Å²) in [5.41, 5.74) is 7.21. The number of nitrogens with one attached hydrogen (secondary N) is 1. The van der Waals surface area contributed by atoms with Gasteiger partial charge in [0.15, 0.2) is 0 Å². The molecule has 3 N–H and O–H groups in total. The standard InChI is InChI=1S/C17H27N3O/c1-20-11-9-15(10-12-20)13-19-17(21)16(18)8-7-14-5-3-2-4-6-14/h2-6,15-16H,7-13,18H2,1H3,(H,19,21)/t16-/m0/s1. The van der Waals surface area contributed by atoms with Crippen LogP contribution in [0, 0.1) is 5.92 Å². The highest BCUT2D eigenvalue weighted by molar-refractivity contribution is 5.81. The highest BCUT2D eigenvalue weighted by atomic mass is 16.2. The second-order valence-corrected chi connectivity index (χ2v) is 6.12. The maximum atomic E-state index is 12.0. The van der Waals surface area contributed by atoms with Crippen LogP contribution >= 0.6 is 0 Å². The molecular formula is C17H27N3O. The number of nitrogens with zero attached hydrogens (tertiary/aromatic N) is 1. The van der Waals surface area contributed by atoms with E-state index in [1.54, 1.807) is 0 Å². The molecule has 4 heteroatoms. The minimum Gasteiger partial charge on any atom is -0.354 e. The molecule has 1 aromatic carbocycles. The quantitative estimate of drug-likeness (QED) is 0.832. The number of benzene rings is 1. The molecule has 21 heavy (non-hydrogen) atoms. The number of rotatable bonds is 6. The Kier molecular flexibility index (Phi) is 6.21. The van der Waals surface area contributed by atoms with Crippen molar-refractivity contribution in [1.82, 2.24) is 10.2 Å². The zero-order valence-electron chi connectivity index (χ0n) is 12.9. The number of carbonyl (C=O) groups is 1. The van der Waals surface area contributed by atoms with Gasteiger partial charge in [-0.15, -0.1) is 0 Å². The van der Waals surface area contributed by atoms with Gasteiger partial charge in [-0.3, -0.25) is 4.79 Å². The van der Waals surface area contributed by atoms with Gasteiger partial charge in [0.25, 0.3) is 0 Å². The lowest BCUT2D eigenvalue weighted by atomic mass is 9.97. The number of hydrogen-bond acceptors (Lipinski definition) is 3. The van der Waals surface area contributed by atoms with Crippen molar-refractivity contribution in [3.8, 4) is 0 Å². The van der Waals surface area contributed by atoms with E-state index in [2.05, 4.69) is 29.4 Å². The third-order valence-electron chi connectivity index (χ3n) is 4.33. The van der Waals surface area contributed by atoms with Gasteiger partial charge in [0, 0.05) is 6.54 Å². The third kappa shape index (κ3) is 5.48. The van der Waals surface area contributed by atoms with Gasteiger partial charge in [0.05, 0.1) is 6.04 Å². The summed E-state index contributed by atoms with van der Waals surface area (Å²) in [6, 6.07) is 9.77. The van der Waals surface area contributed by atoms with E-state index in [-0.39, 0.29) is 5.91 Å². The number of amides is 1. The minimum atomic E-state index is -0.406. The van der Waals surface area contributed by atoms with Crippen LogP contribution in [0.1, 0.15) is 24.8 Å². The first-order chi connectivity index (χ1) is 10.1. The molecule has 0 saturated carbocycles. The number of likely N-dealkylation sites (tertiary alicyclic amines) is 1. The second kappa shape index (κ2) is 8.15. The Morgan fingerprint density at radius 1 is 1.33 bits per heavy atom. The topological polar surface area (TPSA) is 58.4 Å². The molecule has 1 aliphatic rings. The van der Waals surface area contributed by atoms with Crippen LogP contribution in [0.15, 0.2) is 30.3 Å². The average molecular weight is 289 g/mol. The molecule has 1 fully saturated rings. The molecule has 1 aliphatic heterocycles. The van der Waals surface area contributed by atoms with Crippen LogP contribution in [0.2, 0.25) is 0 Å². The summed E-state index contributed by atoms with van der Waals surface area (Å²) in [6.07, 6.45) is 3.87. The predicted octanol–water partition coefficient (Wildman–Crippen LogP) is 1.40. The molecular weight excluding hydrogens is 262 g/mol. The molecule has 1 amide bonds. The molecule has 116 valence electrons. The molecule has 0 spiro atoms. The summed E-state index contributed by atoms with van der Waals surface area (Å²) >= 11 is 0. The number of piperidine rings is 1. The first kappa shape index (κ1) is 16.0. The Morgan fingerprint density at radius 3 is 2.67 bits per heavy atom. The van der Waals surface area contributed by atoms with Crippen LogP contribution in [0.25, 0.3) is 0 Å². The zero-order valence-corrected chi connectivity index (χ0v) is 12.9. The summed E-state index contributed by atoms with van der Waals surface area (Å²) in [6.45, 7) is 3.02. The molecule has 0 bridgehead atoms. The Labute approximate surface area is 127 Å². The van der Waals surface area contributed by atoms with Gasteiger partial charge in [-0.05, 0) is 57.3 Å². The first-order valence-electron chi connectivity index (χ1n) is 7.91. The summed E-state index contributed by atoms with van der Waals surface area (Å²) in [5, 5.41) is 3.02. The van der Waals surface area contributed by atoms with E-state index < -0.39 is 6.04 Å². The normalized spacial score (nSPS) is 18.4. The number of nitrogens with two attached hydrogens (primary N) is 1. The number of hydrogen-bond donors (Lipinski definition) is 2. The molecule has 0 aromatic heterocycles. The zero-order chi connectivity index (χ0) is 15.1.